The van der Waals surface area contributed by atoms with Gasteiger partial charge < -0.3 is 9.73 Å². The molecule has 7 heteroatoms. The van der Waals surface area contributed by atoms with Crippen LogP contribution in [0.3, 0.4) is 0 Å². The summed E-state index contributed by atoms with van der Waals surface area (Å²) in [6.07, 6.45) is 0. The van der Waals surface area contributed by atoms with E-state index >= 15 is 0 Å². The molecule has 1 amide bonds. The van der Waals surface area contributed by atoms with Gasteiger partial charge in [0.2, 0.25) is 5.91 Å². The molecule has 0 aliphatic carbocycles. The van der Waals surface area contributed by atoms with Crippen molar-refractivity contribution in [3.8, 4) is 0 Å². The maximum absolute atomic E-state index is 11.7. The Labute approximate surface area is 111 Å². The zero-order chi connectivity index (χ0) is 14.4. The van der Waals surface area contributed by atoms with Crippen LogP contribution in [-0.4, -0.2) is 23.4 Å². The second kappa shape index (κ2) is 6.89. The Balaban J connectivity index is 2.38. The largest absolute Gasteiger partial charge is 0.433 e. The summed E-state index contributed by atoms with van der Waals surface area (Å²) in [4.78, 5) is 21.5. The molecule has 0 saturated heterocycles. The molecule has 1 aromatic rings. The predicted molar refractivity (Wildman–Crippen MR) is 69.5 cm³/mol. The van der Waals surface area contributed by atoms with Gasteiger partial charge in [-0.3, -0.25) is 20.2 Å². The molecule has 2 N–H and O–H groups in total. The second-order valence-electron chi connectivity index (χ2n) is 4.74. The summed E-state index contributed by atoms with van der Waals surface area (Å²) in [6.45, 7) is 6.65. The van der Waals surface area contributed by atoms with Crippen molar-refractivity contribution < 1.29 is 14.1 Å². The smallest absolute Gasteiger partial charge is 0.404 e. The number of hydrogen-bond acceptors (Lipinski definition) is 5. The van der Waals surface area contributed by atoms with Gasteiger partial charge in [-0.05, 0) is 18.9 Å². The Hall–Kier alpha value is -1.89. The highest BCUT2D eigenvalue weighted by Gasteiger charge is 2.15. The summed E-state index contributed by atoms with van der Waals surface area (Å²) in [6, 6.07) is 2.42. The minimum Gasteiger partial charge on any atom is -0.404 e. The lowest BCUT2D eigenvalue weighted by molar-refractivity contribution is -0.402. The quantitative estimate of drug-likeness (QED) is 0.576. The van der Waals surface area contributed by atoms with Gasteiger partial charge in [-0.15, -0.1) is 0 Å². The van der Waals surface area contributed by atoms with Gasteiger partial charge in [0.15, 0.2) is 0 Å². The normalized spacial score (nSPS) is 12.4. The molecule has 0 bridgehead atoms. The van der Waals surface area contributed by atoms with Crippen LogP contribution in [-0.2, 0) is 11.3 Å². The summed E-state index contributed by atoms with van der Waals surface area (Å²) in [5.74, 6) is 0.419. The molecule has 0 fully saturated rings. The van der Waals surface area contributed by atoms with Gasteiger partial charge in [-0.2, -0.15) is 0 Å². The van der Waals surface area contributed by atoms with Crippen molar-refractivity contribution in [2.75, 3.05) is 6.54 Å². The van der Waals surface area contributed by atoms with Crippen LogP contribution in [0.25, 0.3) is 0 Å². The van der Waals surface area contributed by atoms with Crippen LogP contribution in [0.15, 0.2) is 16.5 Å². The van der Waals surface area contributed by atoms with E-state index in [1.165, 1.54) is 12.1 Å². The number of nitro groups is 1. The fraction of sp³-hybridized carbons (Fsp3) is 0.583. The SMILES string of the molecule is CC(C)CNC(=O)C(C)NCc1ccc([N+](=O)[O-])o1. The Bertz CT molecular complexity index is 442. The minimum absolute atomic E-state index is 0.102. The highest BCUT2D eigenvalue weighted by molar-refractivity contribution is 5.81. The molecule has 0 saturated carbocycles. The number of furan rings is 1. The van der Waals surface area contributed by atoms with E-state index in [0.717, 1.165) is 0 Å². The number of nitrogens with one attached hydrogen (secondary N) is 2. The van der Waals surface area contributed by atoms with Crippen LogP contribution < -0.4 is 10.6 Å². The van der Waals surface area contributed by atoms with Gasteiger partial charge in [0, 0.05) is 6.54 Å². The summed E-state index contributed by atoms with van der Waals surface area (Å²) in [5.41, 5.74) is 0. The second-order valence-corrected chi connectivity index (χ2v) is 4.74. The molecule has 19 heavy (non-hydrogen) atoms. The third kappa shape index (κ3) is 5.09. The fourth-order valence-electron chi connectivity index (χ4n) is 1.36. The van der Waals surface area contributed by atoms with E-state index in [-0.39, 0.29) is 24.4 Å². The highest BCUT2D eigenvalue weighted by atomic mass is 16.6. The number of carbonyl (C=O) groups excluding carboxylic acids is 1. The van der Waals surface area contributed by atoms with Crippen molar-refractivity contribution in [2.45, 2.75) is 33.4 Å². The zero-order valence-corrected chi connectivity index (χ0v) is 11.3. The molecule has 0 radical (unpaired) electrons. The molecule has 1 unspecified atom stereocenters. The van der Waals surface area contributed by atoms with Crippen LogP contribution in [0.5, 0.6) is 0 Å². The zero-order valence-electron chi connectivity index (χ0n) is 11.3. The lowest BCUT2D eigenvalue weighted by atomic mass is 10.2. The first-order valence-electron chi connectivity index (χ1n) is 6.14. The summed E-state index contributed by atoms with van der Waals surface area (Å²) >= 11 is 0. The molecule has 0 spiro atoms. The summed E-state index contributed by atoms with van der Waals surface area (Å²) in [7, 11) is 0. The van der Waals surface area contributed by atoms with Crippen molar-refractivity contribution >= 4 is 11.8 Å². The molecule has 1 aromatic heterocycles. The summed E-state index contributed by atoms with van der Waals surface area (Å²) in [5, 5.41) is 16.2. The Kier molecular flexibility index (Phi) is 5.50. The number of amides is 1. The first-order chi connectivity index (χ1) is 8.90. The van der Waals surface area contributed by atoms with E-state index < -0.39 is 4.92 Å². The lowest BCUT2D eigenvalue weighted by Crippen LogP contribution is -2.42. The van der Waals surface area contributed by atoms with Crippen LogP contribution in [0.4, 0.5) is 5.88 Å². The van der Waals surface area contributed by atoms with Gasteiger partial charge in [0.1, 0.15) is 10.7 Å². The summed E-state index contributed by atoms with van der Waals surface area (Å²) < 4.78 is 4.98. The molecule has 106 valence electrons. The van der Waals surface area contributed by atoms with Crippen LogP contribution in [0.1, 0.15) is 26.5 Å². The lowest BCUT2D eigenvalue weighted by Gasteiger charge is -2.14. The van der Waals surface area contributed by atoms with E-state index in [2.05, 4.69) is 10.6 Å². The van der Waals surface area contributed by atoms with E-state index in [0.29, 0.717) is 18.2 Å². The molecule has 0 aliphatic rings. The maximum atomic E-state index is 11.7. The van der Waals surface area contributed by atoms with Gasteiger partial charge in [0.05, 0.1) is 18.7 Å². The average molecular weight is 269 g/mol. The third-order valence-corrected chi connectivity index (χ3v) is 2.49. The van der Waals surface area contributed by atoms with Crippen molar-refractivity contribution in [2.24, 2.45) is 5.92 Å². The van der Waals surface area contributed by atoms with Gasteiger partial charge >= 0.3 is 5.88 Å². The fourth-order valence-corrected chi connectivity index (χ4v) is 1.36. The van der Waals surface area contributed by atoms with Crippen molar-refractivity contribution in [1.29, 1.82) is 0 Å². The first-order valence-corrected chi connectivity index (χ1v) is 6.14. The van der Waals surface area contributed by atoms with E-state index in [9.17, 15) is 14.9 Å². The van der Waals surface area contributed by atoms with Crippen molar-refractivity contribution in [3.63, 3.8) is 0 Å². The Morgan fingerprint density at radius 2 is 2.11 bits per heavy atom. The molecule has 7 nitrogen and oxygen atoms in total. The maximum Gasteiger partial charge on any atom is 0.433 e. The number of hydrogen-bond donors (Lipinski definition) is 2. The van der Waals surface area contributed by atoms with Gasteiger partial charge in [-0.1, -0.05) is 13.8 Å². The number of nitrogens with zero attached hydrogens (tertiary/aromatic N) is 1. The Morgan fingerprint density at radius 3 is 2.63 bits per heavy atom. The molecular weight excluding hydrogens is 250 g/mol. The van der Waals surface area contributed by atoms with Gasteiger partial charge in [-0.25, -0.2) is 0 Å². The standard InChI is InChI=1S/C12H19N3O4/c1-8(2)6-14-12(16)9(3)13-7-10-4-5-11(19-10)15(17)18/h4-5,8-9,13H,6-7H2,1-3H3,(H,14,16). The third-order valence-electron chi connectivity index (χ3n) is 2.49. The monoisotopic (exact) mass is 269 g/mol. The topological polar surface area (TPSA) is 97.4 Å². The highest BCUT2D eigenvalue weighted by Crippen LogP contribution is 2.15. The molecule has 0 aliphatic heterocycles. The number of carbonyl (C=O) groups is 1. The number of rotatable bonds is 7. The molecular formula is C12H19N3O4. The first kappa shape index (κ1) is 15.2. The molecule has 0 aromatic carbocycles. The van der Waals surface area contributed by atoms with E-state index in [1.807, 2.05) is 13.8 Å². The van der Waals surface area contributed by atoms with Crippen LogP contribution in [0, 0.1) is 16.0 Å². The molecule has 1 rings (SSSR count). The average Bonchev–Trinajstić information content (AvgIpc) is 2.81. The predicted octanol–water partition coefficient (Wildman–Crippen LogP) is 1.44. The van der Waals surface area contributed by atoms with E-state index in [4.69, 9.17) is 4.42 Å². The van der Waals surface area contributed by atoms with Crippen LogP contribution >= 0.6 is 0 Å². The van der Waals surface area contributed by atoms with E-state index in [1.54, 1.807) is 6.92 Å². The minimum atomic E-state index is -0.595. The van der Waals surface area contributed by atoms with Crippen LogP contribution in [0.2, 0.25) is 0 Å². The Morgan fingerprint density at radius 1 is 1.42 bits per heavy atom. The van der Waals surface area contributed by atoms with Crippen molar-refractivity contribution in [3.05, 3.63) is 28.0 Å². The molecule has 1 atom stereocenters. The van der Waals surface area contributed by atoms with Gasteiger partial charge in [0.25, 0.3) is 0 Å². The van der Waals surface area contributed by atoms with Crippen molar-refractivity contribution in [1.82, 2.24) is 10.6 Å². The molecule has 1 heterocycles.